The van der Waals surface area contributed by atoms with Crippen molar-refractivity contribution in [2.45, 2.75) is 0 Å². The third-order valence-corrected chi connectivity index (χ3v) is 3.11. The van der Waals surface area contributed by atoms with E-state index >= 15 is 0 Å². The van der Waals surface area contributed by atoms with E-state index in [2.05, 4.69) is 21.2 Å². The van der Waals surface area contributed by atoms with Crippen molar-refractivity contribution in [2.24, 2.45) is 0 Å². The van der Waals surface area contributed by atoms with Crippen LogP contribution in [0.4, 0.5) is 14.5 Å². The first kappa shape index (κ1) is 16.1. The van der Waals surface area contributed by atoms with Crippen LogP contribution in [-0.4, -0.2) is 18.5 Å². The Balaban J connectivity index is 1.89. The molecule has 0 saturated heterocycles. The van der Waals surface area contributed by atoms with Crippen molar-refractivity contribution in [2.75, 3.05) is 11.9 Å². The van der Waals surface area contributed by atoms with Gasteiger partial charge in [0.15, 0.2) is 6.61 Å². The van der Waals surface area contributed by atoms with Gasteiger partial charge in [0, 0.05) is 4.47 Å². The van der Waals surface area contributed by atoms with Gasteiger partial charge in [0.1, 0.15) is 11.6 Å². The standard InChI is InChI=1S/C15H10BrF2NO3/c16-10-3-6-13(12(18)7-10)19-14(20)8-22-15(21)9-1-4-11(17)5-2-9/h1-7H,8H2,(H,19,20). The van der Waals surface area contributed by atoms with E-state index in [-0.39, 0.29) is 11.3 Å². The summed E-state index contributed by atoms with van der Waals surface area (Å²) in [6.07, 6.45) is 0. The van der Waals surface area contributed by atoms with Gasteiger partial charge >= 0.3 is 5.97 Å². The molecule has 7 heteroatoms. The topological polar surface area (TPSA) is 55.4 Å². The molecule has 2 aromatic rings. The summed E-state index contributed by atoms with van der Waals surface area (Å²) in [4.78, 5) is 23.2. The number of esters is 1. The molecule has 0 fully saturated rings. The van der Waals surface area contributed by atoms with E-state index in [9.17, 15) is 18.4 Å². The maximum atomic E-state index is 13.5. The van der Waals surface area contributed by atoms with Crippen LogP contribution in [0.15, 0.2) is 46.9 Å². The summed E-state index contributed by atoms with van der Waals surface area (Å²) < 4.78 is 31.5. The SMILES string of the molecule is O=C(COC(=O)c1ccc(F)cc1)Nc1ccc(Br)cc1F. The molecule has 1 N–H and O–H groups in total. The second kappa shape index (κ2) is 7.13. The van der Waals surface area contributed by atoms with E-state index in [1.165, 1.54) is 24.3 Å². The maximum absolute atomic E-state index is 13.5. The highest BCUT2D eigenvalue weighted by atomic mass is 79.9. The second-order valence-electron chi connectivity index (χ2n) is 4.26. The molecule has 0 saturated carbocycles. The van der Waals surface area contributed by atoms with Gasteiger partial charge in [0.25, 0.3) is 5.91 Å². The van der Waals surface area contributed by atoms with Crippen molar-refractivity contribution >= 4 is 33.5 Å². The fraction of sp³-hybridized carbons (Fsp3) is 0.0667. The van der Waals surface area contributed by atoms with Gasteiger partial charge in [-0.3, -0.25) is 4.79 Å². The molecule has 22 heavy (non-hydrogen) atoms. The first-order valence-corrected chi connectivity index (χ1v) is 6.92. The molecule has 0 aliphatic heterocycles. The Bertz CT molecular complexity index is 704. The van der Waals surface area contributed by atoms with Crippen LogP contribution in [0.3, 0.4) is 0 Å². The third-order valence-electron chi connectivity index (χ3n) is 2.62. The summed E-state index contributed by atoms with van der Waals surface area (Å²) in [5.74, 6) is -2.56. The van der Waals surface area contributed by atoms with E-state index in [4.69, 9.17) is 4.74 Å². The molecular weight excluding hydrogens is 360 g/mol. The summed E-state index contributed by atoms with van der Waals surface area (Å²) >= 11 is 3.09. The molecule has 0 unspecified atom stereocenters. The molecule has 114 valence electrons. The van der Waals surface area contributed by atoms with Crippen molar-refractivity contribution in [3.63, 3.8) is 0 Å². The highest BCUT2D eigenvalue weighted by molar-refractivity contribution is 9.10. The Kier molecular flexibility index (Phi) is 5.21. The van der Waals surface area contributed by atoms with Gasteiger partial charge in [-0.05, 0) is 42.5 Å². The Morgan fingerprint density at radius 3 is 2.41 bits per heavy atom. The van der Waals surface area contributed by atoms with E-state index in [1.54, 1.807) is 6.07 Å². The predicted octanol–water partition coefficient (Wildman–Crippen LogP) is 3.52. The average molecular weight is 370 g/mol. The van der Waals surface area contributed by atoms with Crippen LogP contribution in [0, 0.1) is 11.6 Å². The number of carbonyl (C=O) groups excluding carboxylic acids is 2. The van der Waals surface area contributed by atoms with E-state index < -0.39 is 30.1 Å². The summed E-state index contributed by atoms with van der Waals surface area (Å²) in [6, 6.07) is 8.82. The lowest BCUT2D eigenvalue weighted by Crippen LogP contribution is -2.21. The van der Waals surface area contributed by atoms with Crippen LogP contribution >= 0.6 is 15.9 Å². The molecular formula is C15H10BrF2NO3. The number of anilines is 1. The minimum absolute atomic E-state index is 0.0222. The second-order valence-corrected chi connectivity index (χ2v) is 5.17. The number of ether oxygens (including phenoxy) is 1. The van der Waals surface area contributed by atoms with Crippen LogP contribution < -0.4 is 5.32 Å². The Morgan fingerprint density at radius 2 is 1.77 bits per heavy atom. The largest absolute Gasteiger partial charge is 0.452 e. The molecule has 0 bridgehead atoms. The van der Waals surface area contributed by atoms with Gasteiger partial charge in [-0.15, -0.1) is 0 Å². The number of amides is 1. The molecule has 4 nitrogen and oxygen atoms in total. The van der Waals surface area contributed by atoms with Crippen molar-refractivity contribution < 1.29 is 23.1 Å². The summed E-state index contributed by atoms with van der Waals surface area (Å²) in [5, 5.41) is 2.28. The molecule has 2 rings (SSSR count). The normalized spacial score (nSPS) is 10.1. The molecule has 0 aliphatic carbocycles. The van der Waals surface area contributed by atoms with Gasteiger partial charge in [-0.1, -0.05) is 15.9 Å². The Morgan fingerprint density at radius 1 is 1.09 bits per heavy atom. The summed E-state index contributed by atoms with van der Waals surface area (Å²) in [5.41, 5.74) is 0.0926. The fourth-order valence-corrected chi connectivity index (χ4v) is 1.91. The minimum Gasteiger partial charge on any atom is -0.452 e. The van der Waals surface area contributed by atoms with Gasteiger partial charge in [-0.2, -0.15) is 0 Å². The molecule has 0 heterocycles. The zero-order chi connectivity index (χ0) is 16.1. The number of benzene rings is 2. The number of carbonyl (C=O) groups is 2. The van der Waals surface area contributed by atoms with Crippen molar-refractivity contribution in [1.82, 2.24) is 0 Å². The molecule has 0 aliphatic rings. The van der Waals surface area contributed by atoms with Crippen LogP contribution in [-0.2, 0) is 9.53 Å². The monoisotopic (exact) mass is 369 g/mol. The molecule has 0 atom stereocenters. The van der Waals surface area contributed by atoms with Gasteiger partial charge < -0.3 is 10.1 Å². The van der Waals surface area contributed by atoms with Gasteiger partial charge in [-0.25, -0.2) is 13.6 Å². The fourth-order valence-electron chi connectivity index (χ4n) is 1.58. The molecule has 0 spiro atoms. The quantitative estimate of drug-likeness (QED) is 0.838. The smallest absolute Gasteiger partial charge is 0.338 e. The highest BCUT2D eigenvalue weighted by Crippen LogP contribution is 2.19. The predicted molar refractivity (Wildman–Crippen MR) is 79.4 cm³/mol. The highest BCUT2D eigenvalue weighted by Gasteiger charge is 2.12. The van der Waals surface area contributed by atoms with Gasteiger partial charge in [0.05, 0.1) is 11.3 Å². The molecule has 0 aromatic heterocycles. The lowest BCUT2D eigenvalue weighted by Gasteiger charge is -2.07. The molecule has 1 amide bonds. The van der Waals surface area contributed by atoms with Crippen LogP contribution in [0.25, 0.3) is 0 Å². The number of rotatable bonds is 4. The average Bonchev–Trinajstić information content (AvgIpc) is 2.48. The molecule has 0 radical (unpaired) electrons. The van der Waals surface area contributed by atoms with Crippen molar-refractivity contribution in [1.29, 1.82) is 0 Å². The first-order valence-electron chi connectivity index (χ1n) is 6.13. The number of nitrogens with one attached hydrogen (secondary N) is 1. The van der Waals surface area contributed by atoms with E-state index in [1.807, 2.05) is 0 Å². The Labute approximate surface area is 133 Å². The van der Waals surface area contributed by atoms with Crippen LogP contribution in [0.1, 0.15) is 10.4 Å². The van der Waals surface area contributed by atoms with Crippen LogP contribution in [0.5, 0.6) is 0 Å². The summed E-state index contributed by atoms with van der Waals surface area (Å²) in [6.45, 7) is -0.578. The van der Waals surface area contributed by atoms with Crippen molar-refractivity contribution in [3.8, 4) is 0 Å². The number of hydrogen-bond donors (Lipinski definition) is 1. The molecule has 2 aromatic carbocycles. The van der Waals surface area contributed by atoms with E-state index in [0.29, 0.717) is 4.47 Å². The van der Waals surface area contributed by atoms with Crippen molar-refractivity contribution in [3.05, 3.63) is 64.1 Å². The zero-order valence-electron chi connectivity index (χ0n) is 11.1. The zero-order valence-corrected chi connectivity index (χ0v) is 12.7. The maximum Gasteiger partial charge on any atom is 0.338 e. The lowest BCUT2D eigenvalue weighted by molar-refractivity contribution is -0.119. The number of hydrogen-bond acceptors (Lipinski definition) is 3. The minimum atomic E-state index is -0.772. The third kappa shape index (κ3) is 4.36. The Hall–Kier alpha value is -2.28. The first-order chi connectivity index (χ1) is 10.5. The van der Waals surface area contributed by atoms with Gasteiger partial charge in [0.2, 0.25) is 0 Å². The van der Waals surface area contributed by atoms with E-state index in [0.717, 1.165) is 12.1 Å². The summed E-state index contributed by atoms with van der Waals surface area (Å²) in [7, 11) is 0. The lowest BCUT2D eigenvalue weighted by atomic mass is 10.2. The number of halogens is 3. The van der Waals surface area contributed by atoms with Crippen LogP contribution in [0.2, 0.25) is 0 Å².